The fourth-order valence-electron chi connectivity index (χ4n) is 5.41. The van der Waals surface area contributed by atoms with E-state index < -0.39 is 15.8 Å². The number of likely N-dealkylation sites (tertiary alicyclic amines) is 1. The number of fused-ring (bicyclic) bond motifs is 1. The van der Waals surface area contributed by atoms with Crippen molar-refractivity contribution in [3.63, 3.8) is 0 Å². The van der Waals surface area contributed by atoms with Crippen LogP contribution in [-0.2, 0) is 16.6 Å². The maximum Gasteiger partial charge on any atom is 0.261 e. The van der Waals surface area contributed by atoms with Gasteiger partial charge in [-0.3, -0.25) is 4.72 Å². The van der Waals surface area contributed by atoms with Gasteiger partial charge in [-0.15, -0.1) is 0 Å². The Hall–Kier alpha value is -4.28. The first-order valence-corrected chi connectivity index (χ1v) is 15.6. The molecule has 216 valence electrons. The summed E-state index contributed by atoms with van der Waals surface area (Å²) in [6.45, 7) is 3.43. The van der Waals surface area contributed by atoms with Gasteiger partial charge in [0.05, 0.1) is 10.6 Å². The summed E-state index contributed by atoms with van der Waals surface area (Å²) in [4.78, 5) is 11.3. The summed E-state index contributed by atoms with van der Waals surface area (Å²) in [7, 11) is -1.62. The number of halogens is 1. The molecule has 0 radical (unpaired) electrons. The lowest BCUT2D eigenvalue weighted by Gasteiger charge is -2.29. The van der Waals surface area contributed by atoms with E-state index in [9.17, 15) is 12.8 Å². The molecule has 0 atom stereocenters. The average molecular weight is 585 g/mol. The Bertz CT molecular complexity index is 1780. The first-order chi connectivity index (χ1) is 20.3. The van der Waals surface area contributed by atoms with E-state index in [1.807, 2.05) is 6.07 Å². The molecule has 42 heavy (non-hydrogen) atoms. The van der Waals surface area contributed by atoms with E-state index in [2.05, 4.69) is 67.0 Å². The van der Waals surface area contributed by atoms with Gasteiger partial charge in [-0.25, -0.2) is 22.8 Å². The zero-order valence-electron chi connectivity index (χ0n) is 23.4. The predicted molar refractivity (Wildman–Crippen MR) is 165 cm³/mol. The number of aromatic nitrogens is 3. The van der Waals surface area contributed by atoms with Crippen molar-refractivity contribution in [3.8, 4) is 11.3 Å². The molecule has 0 unspecified atom stereocenters. The Labute approximate surface area is 245 Å². The van der Waals surface area contributed by atoms with Gasteiger partial charge in [0, 0.05) is 46.6 Å². The van der Waals surface area contributed by atoms with E-state index in [-0.39, 0.29) is 4.90 Å². The topological polar surface area (TPSA) is 92.2 Å². The van der Waals surface area contributed by atoms with Crippen LogP contribution < -0.4 is 10.0 Å². The summed E-state index contributed by atoms with van der Waals surface area (Å²) in [6.07, 6.45) is 7.48. The van der Waals surface area contributed by atoms with Crippen molar-refractivity contribution >= 4 is 38.1 Å². The van der Waals surface area contributed by atoms with Gasteiger partial charge < -0.3 is 14.8 Å². The quantitative estimate of drug-likeness (QED) is 0.205. The van der Waals surface area contributed by atoms with Gasteiger partial charge in [0.1, 0.15) is 18.0 Å². The summed E-state index contributed by atoms with van der Waals surface area (Å²) in [5.41, 5.74) is 4.17. The lowest BCUT2D eigenvalue weighted by atomic mass is 9.94. The highest BCUT2D eigenvalue weighted by atomic mass is 32.2. The van der Waals surface area contributed by atoms with Gasteiger partial charge in [-0.2, -0.15) is 0 Å². The lowest BCUT2D eigenvalue weighted by molar-refractivity contribution is 0.208. The highest BCUT2D eigenvalue weighted by Crippen LogP contribution is 2.28. The summed E-state index contributed by atoms with van der Waals surface area (Å²) in [5, 5.41) is 4.44. The largest absolute Gasteiger partial charge is 0.347 e. The minimum Gasteiger partial charge on any atom is -0.347 e. The molecule has 0 spiro atoms. The van der Waals surface area contributed by atoms with E-state index in [4.69, 9.17) is 0 Å². The van der Waals surface area contributed by atoms with Crippen LogP contribution in [0.15, 0.2) is 96.3 Å². The van der Waals surface area contributed by atoms with Crippen LogP contribution in [-0.4, -0.2) is 48.0 Å². The predicted octanol–water partition coefficient (Wildman–Crippen LogP) is 6.51. The number of nitrogens with zero attached hydrogens (tertiary/aromatic N) is 4. The summed E-state index contributed by atoms with van der Waals surface area (Å²) >= 11 is 0. The van der Waals surface area contributed by atoms with Crippen LogP contribution in [0.1, 0.15) is 19.3 Å². The number of anilines is 3. The fraction of sp³-hybridized carbons (Fsp3) is 0.250. The second kappa shape index (κ2) is 11.9. The van der Waals surface area contributed by atoms with Crippen molar-refractivity contribution in [2.75, 3.05) is 30.2 Å². The maximum absolute atomic E-state index is 13.2. The Kier molecular flexibility index (Phi) is 7.90. The van der Waals surface area contributed by atoms with Crippen LogP contribution >= 0.6 is 0 Å². The number of aryl methyl sites for hydroxylation is 1. The molecular weight excluding hydrogens is 551 g/mol. The Morgan fingerprint density at radius 1 is 0.905 bits per heavy atom. The van der Waals surface area contributed by atoms with Crippen molar-refractivity contribution in [2.24, 2.45) is 5.92 Å². The molecule has 1 aliphatic rings. The summed E-state index contributed by atoms with van der Waals surface area (Å²) in [5.74, 6) is 0.924. The molecule has 0 bridgehead atoms. The van der Waals surface area contributed by atoms with Crippen LogP contribution in [0.4, 0.5) is 21.6 Å². The number of rotatable bonds is 9. The van der Waals surface area contributed by atoms with E-state index in [0.717, 1.165) is 41.5 Å². The van der Waals surface area contributed by atoms with Gasteiger partial charge >= 0.3 is 0 Å². The third kappa shape index (κ3) is 6.45. The average Bonchev–Trinajstić information content (AvgIpc) is 3.40. The van der Waals surface area contributed by atoms with Gasteiger partial charge in [0.2, 0.25) is 0 Å². The number of benzene rings is 3. The van der Waals surface area contributed by atoms with E-state index >= 15 is 0 Å². The third-order valence-corrected chi connectivity index (χ3v) is 9.28. The maximum atomic E-state index is 13.2. The molecule has 3 heterocycles. The van der Waals surface area contributed by atoms with Crippen LogP contribution in [0, 0.1) is 11.7 Å². The van der Waals surface area contributed by atoms with Crippen molar-refractivity contribution in [1.82, 2.24) is 19.4 Å². The molecule has 2 aromatic heterocycles. The molecule has 1 fully saturated rings. The normalized spacial score (nSPS) is 14.7. The van der Waals surface area contributed by atoms with E-state index in [0.29, 0.717) is 11.5 Å². The highest BCUT2D eigenvalue weighted by Gasteiger charge is 2.17. The first-order valence-electron chi connectivity index (χ1n) is 14.1. The summed E-state index contributed by atoms with van der Waals surface area (Å²) < 4.78 is 43.2. The molecule has 10 heteroatoms. The van der Waals surface area contributed by atoms with Crippen molar-refractivity contribution in [3.05, 3.63) is 97.2 Å². The lowest BCUT2D eigenvalue weighted by Crippen LogP contribution is -2.30. The molecule has 6 rings (SSSR count). The highest BCUT2D eigenvalue weighted by molar-refractivity contribution is 7.92. The van der Waals surface area contributed by atoms with Crippen molar-refractivity contribution in [1.29, 1.82) is 0 Å². The number of piperidine rings is 1. The number of nitrogens with one attached hydrogen (secondary N) is 2. The SMILES string of the molecule is CN1CCC(CCn2ccc3cc(-c4cc(Nc5ccc(NS(=O)(=O)c6ccc(F)cc6)cc5)ncn4)ccc32)CC1. The molecule has 0 amide bonds. The molecule has 5 aromatic rings. The van der Waals surface area contributed by atoms with Crippen molar-refractivity contribution < 1.29 is 12.8 Å². The molecule has 1 saturated heterocycles. The molecular formula is C32H33FN6O2S. The molecule has 2 N–H and O–H groups in total. The molecule has 1 aliphatic heterocycles. The third-order valence-electron chi connectivity index (χ3n) is 7.88. The van der Waals surface area contributed by atoms with Crippen molar-refractivity contribution in [2.45, 2.75) is 30.7 Å². The summed E-state index contributed by atoms with van der Waals surface area (Å²) in [6, 6.07) is 22.0. The molecule has 8 nitrogen and oxygen atoms in total. The van der Waals surface area contributed by atoms with Gasteiger partial charge in [0.15, 0.2) is 0 Å². The van der Waals surface area contributed by atoms with Gasteiger partial charge in [0.25, 0.3) is 10.0 Å². The Morgan fingerprint density at radius 3 is 2.40 bits per heavy atom. The van der Waals surface area contributed by atoms with E-state index in [1.165, 1.54) is 61.7 Å². The zero-order valence-corrected chi connectivity index (χ0v) is 24.2. The molecule has 0 aliphatic carbocycles. The monoisotopic (exact) mass is 584 g/mol. The fourth-order valence-corrected chi connectivity index (χ4v) is 6.47. The Morgan fingerprint density at radius 2 is 1.64 bits per heavy atom. The minimum atomic E-state index is -3.82. The second-order valence-electron chi connectivity index (χ2n) is 10.9. The zero-order chi connectivity index (χ0) is 29.1. The van der Waals surface area contributed by atoms with E-state index in [1.54, 1.807) is 24.3 Å². The van der Waals surface area contributed by atoms with Gasteiger partial charge in [-0.05, 0) is 112 Å². The van der Waals surface area contributed by atoms with Crippen LogP contribution in [0.5, 0.6) is 0 Å². The van der Waals surface area contributed by atoms with Crippen LogP contribution in [0.2, 0.25) is 0 Å². The van der Waals surface area contributed by atoms with Crippen LogP contribution in [0.3, 0.4) is 0 Å². The Balaban J connectivity index is 1.11. The number of hydrogen-bond donors (Lipinski definition) is 2. The number of sulfonamides is 1. The second-order valence-corrected chi connectivity index (χ2v) is 12.6. The minimum absolute atomic E-state index is 0.0120. The smallest absolute Gasteiger partial charge is 0.261 e. The molecule has 3 aromatic carbocycles. The molecule has 0 saturated carbocycles. The standard InChI is InChI=1S/C32H33FN6O2S/c1-38-16-12-23(13-17-38)14-18-39-19-15-25-20-24(2-11-31(25)39)30-21-32(35-22-34-30)36-27-5-7-28(8-6-27)37-42(40,41)29-9-3-26(33)4-10-29/h2-11,15,19-23,37H,12-14,16-18H2,1H3,(H,34,35,36). The number of hydrogen-bond acceptors (Lipinski definition) is 6. The van der Waals surface area contributed by atoms with Crippen LogP contribution in [0.25, 0.3) is 22.2 Å². The van der Waals surface area contributed by atoms with Gasteiger partial charge in [-0.1, -0.05) is 6.07 Å². The first kappa shape index (κ1) is 27.9.